The van der Waals surface area contributed by atoms with E-state index in [1.54, 1.807) is 12.5 Å². The Labute approximate surface area is 93.2 Å². The number of imidazole rings is 1. The van der Waals surface area contributed by atoms with Crippen LogP contribution in [0.5, 0.6) is 0 Å². The van der Waals surface area contributed by atoms with Gasteiger partial charge in [-0.05, 0) is 24.6 Å². The Kier molecular flexibility index (Phi) is 2.72. The lowest BCUT2D eigenvalue weighted by Crippen LogP contribution is -1.99. The number of hydrogen-bond donors (Lipinski definition) is 1. The van der Waals surface area contributed by atoms with Crippen LogP contribution in [0.1, 0.15) is 11.3 Å². The van der Waals surface area contributed by atoms with Gasteiger partial charge in [0.1, 0.15) is 0 Å². The van der Waals surface area contributed by atoms with Crippen LogP contribution < -0.4 is 0 Å². The minimum atomic E-state index is -0.866. The molecule has 0 radical (unpaired) electrons. The monoisotopic (exact) mass is 216 g/mol. The highest BCUT2D eigenvalue weighted by Crippen LogP contribution is 2.10. The van der Waals surface area contributed by atoms with Crippen molar-refractivity contribution in [2.75, 3.05) is 0 Å². The van der Waals surface area contributed by atoms with Crippen molar-refractivity contribution in [3.05, 3.63) is 48.0 Å². The summed E-state index contributed by atoms with van der Waals surface area (Å²) in [5.41, 5.74) is 2.71. The van der Waals surface area contributed by atoms with Crippen molar-refractivity contribution < 1.29 is 9.90 Å². The third-order valence-corrected chi connectivity index (χ3v) is 2.27. The summed E-state index contributed by atoms with van der Waals surface area (Å²) in [6.45, 7) is 2.01. The first-order valence-corrected chi connectivity index (χ1v) is 4.97. The van der Waals surface area contributed by atoms with Crippen LogP contribution in [0, 0.1) is 6.92 Å². The summed E-state index contributed by atoms with van der Waals surface area (Å²) in [7, 11) is 0. The van der Waals surface area contributed by atoms with Crippen LogP contribution in [0.4, 0.5) is 0 Å². The molecule has 1 aromatic heterocycles. The fraction of sp³-hybridized carbons (Fsp3) is 0.167. The maximum Gasteiger partial charge on any atom is 0.309 e. The SMILES string of the molecule is Cc1cccc(-n2cnc(CC(=O)O)c2)c1. The van der Waals surface area contributed by atoms with Gasteiger partial charge in [0, 0.05) is 11.9 Å². The molecule has 0 fully saturated rings. The predicted molar refractivity (Wildman–Crippen MR) is 59.6 cm³/mol. The van der Waals surface area contributed by atoms with Gasteiger partial charge in [0.2, 0.25) is 0 Å². The number of rotatable bonds is 3. The van der Waals surface area contributed by atoms with E-state index in [2.05, 4.69) is 4.98 Å². The van der Waals surface area contributed by atoms with E-state index in [1.165, 1.54) is 0 Å². The molecule has 0 atom stereocenters. The number of hydrogen-bond acceptors (Lipinski definition) is 2. The summed E-state index contributed by atoms with van der Waals surface area (Å²) < 4.78 is 1.82. The van der Waals surface area contributed by atoms with E-state index in [9.17, 15) is 4.79 Å². The van der Waals surface area contributed by atoms with Crippen LogP contribution >= 0.6 is 0 Å². The van der Waals surface area contributed by atoms with E-state index < -0.39 is 5.97 Å². The molecule has 2 aromatic rings. The number of aliphatic carboxylic acids is 1. The van der Waals surface area contributed by atoms with Crippen molar-refractivity contribution in [1.82, 2.24) is 9.55 Å². The van der Waals surface area contributed by atoms with E-state index in [0.29, 0.717) is 5.69 Å². The fourth-order valence-corrected chi connectivity index (χ4v) is 1.54. The van der Waals surface area contributed by atoms with Crippen LogP contribution in [-0.4, -0.2) is 20.6 Å². The summed E-state index contributed by atoms with van der Waals surface area (Å²) in [6, 6.07) is 7.95. The largest absolute Gasteiger partial charge is 0.481 e. The first-order chi connectivity index (χ1) is 7.65. The molecule has 82 valence electrons. The van der Waals surface area contributed by atoms with Crippen molar-refractivity contribution in [3.63, 3.8) is 0 Å². The number of nitrogens with zero attached hydrogens (tertiary/aromatic N) is 2. The van der Waals surface area contributed by atoms with Crippen LogP contribution in [0.2, 0.25) is 0 Å². The predicted octanol–water partition coefficient (Wildman–Crippen LogP) is 1.81. The van der Waals surface area contributed by atoms with E-state index in [1.807, 2.05) is 35.8 Å². The van der Waals surface area contributed by atoms with Gasteiger partial charge in [0.15, 0.2) is 0 Å². The number of aryl methyl sites for hydroxylation is 1. The zero-order valence-electron chi connectivity index (χ0n) is 8.92. The lowest BCUT2D eigenvalue weighted by atomic mass is 10.2. The van der Waals surface area contributed by atoms with Crippen molar-refractivity contribution in [3.8, 4) is 5.69 Å². The lowest BCUT2D eigenvalue weighted by molar-refractivity contribution is -0.136. The second-order valence-electron chi connectivity index (χ2n) is 3.68. The van der Waals surface area contributed by atoms with Gasteiger partial charge in [-0.3, -0.25) is 4.79 Å². The van der Waals surface area contributed by atoms with E-state index in [-0.39, 0.29) is 6.42 Å². The number of carboxylic acid groups (broad SMARTS) is 1. The number of aromatic nitrogens is 2. The van der Waals surface area contributed by atoms with Crippen LogP contribution in [0.15, 0.2) is 36.8 Å². The topological polar surface area (TPSA) is 55.1 Å². The molecule has 1 aromatic carbocycles. The normalized spacial score (nSPS) is 10.3. The van der Waals surface area contributed by atoms with Gasteiger partial charge in [0.25, 0.3) is 0 Å². The molecule has 4 heteroatoms. The zero-order valence-corrected chi connectivity index (χ0v) is 8.92. The average Bonchev–Trinajstić information content (AvgIpc) is 2.65. The van der Waals surface area contributed by atoms with E-state index in [4.69, 9.17) is 5.11 Å². The highest BCUT2D eigenvalue weighted by Gasteiger charge is 2.04. The summed E-state index contributed by atoms with van der Waals surface area (Å²) in [5, 5.41) is 8.64. The Balaban J connectivity index is 2.28. The first-order valence-electron chi connectivity index (χ1n) is 4.97. The number of benzene rings is 1. The molecule has 1 N–H and O–H groups in total. The molecule has 0 saturated carbocycles. The van der Waals surface area contributed by atoms with Gasteiger partial charge in [0.05, 0.1) is 18.4 Å². The third kappa shape index (κ3) is 2.28. The Bertz CT molecular complexity index is 517. The maximum atomic E-state index is 10.5. The molecule has 0 spiro atoms. The van der Waals surface area contributed by atoms with Crippen LogP contribution in [-0.2, 0) is 11.2 Å². The fourth-order valence-electron chi connectivity index (χ4n) is 1.54. The van der Waals surface area contributed by atoms with Crippen molar-refractivity contribution >= 4 is 5.97 Å². The standard InChI is InChI=1S/C12H12N2O2/c1-9-3-2-4-11(5-9)14-7-10(13-8-14)6-12(15)16/h2-5,7-8H,6H2,1H3,(H,15,16). The zero-order chi connectivity index (χ0) is 11.5. The molecule has 16 heavy (non-hydrogen) atoms. The highest BCUT2D eigenvalue weighted by atomic mass is 16.4. The molecule has 0 unspecified atom stereocenters. The minimum Gasteiger partial charge on any atom is -0.481 e. The van der Waals surface area contributed by atoms with Gasteiger partial charge in [-0.25, -0.2) is 4.98 Å². The van der Waals surface area contributed by atoms with E-state index >= 15 is 0 Å². The Hall–Kier alpha value is -2.10. The minimum absolute atomic E-state index is 0.0428. The molecule has 0 aliphatic carbocycles. The second kappa shape index (κ2) is 4.18. The molecular weight excluding hydrogens is 204 g/mol. The average molecular weight is 216 g/mol. The van der Waals surface area contributed by atoms with Gasteiger partial charge in [-0.1, -0.05) is 12.1 Å². The van der Waals surface area contributed by atoms with E-state index in [0.717, 1.165) is 11.3 Å². The molecule has 0 aliphatic heterocycles. The molecule has 0 amide bonds. The highest BCUT2D eigenvalue weighted by molar-refractivity contribution is 5.69. The van der Waals surface area contributed by atoms with Crippen molar-refractivity contribution in [2.45, 2.75) is 13.3 Å². The molecule has 0 bridgehead atoms. The maximum absolute atomic E-state index is 10.5. The quantitative estimate of drug-likeness (QED) is 0.851. The Morgan fingerprint density at radius 1 is 1.50 bits per heavy atom. The Morgan fingerprint density at radius 3 is 3.00 bits per heavy atom. The van der Waals surface area contributed by atoms with Gasteiger partial charge >= 0.3 is 5.97 Å². The molecule has 1 heterocycles. The molecule has 2 rings (SSSR count). The van der Waals surface area contributed by atoms with Gasteiger partial charge < -0.3 is 9.67 Å². The van der Waals surface area contributed by atoms with Gasteiger partial charge in [-0.2, -0.15) is 0 Å². The van der Waals surface area contributed by atoms with Crippen LogP contribution in [0.3, 0.4) is 0 Å². The summed E-state index contributed by atoms with van der Waals surface area (Å²) in [5.74, 6) is -0.866. The van der Waals surface area contributed by atoms with Crippen molar-refractivity contribution in [2.24, 2.45) is 0 Å². The smallest absolute Gasteiger partial charge is 0.309 e. The van der Waals surface area contributed by atoms with Crippen molar-refractivity contribution in [1.29, 1.82) is 0 Å². The van der Waals surface area contributed by atoms with Crippen LogP contribution in [0.25, 0.3) is 5.69 Å². The summed E-state index contributed by atoms with van der Waals surface area (Å²) >= 11 is 0. The second-order valence-corrected chi connectivity index (χ2v) is 3.68. The third-order valence-electron chi connectivity index (χ3n) is 2.27. The molecule has 0 aliphatic rings. The summed E-state index contributed by atoms with van der Waals surface area (Å²) in [6.07, 6.45) is 3.33. The lowest BCUT2D eigenvalue weighted by Gasteiger charge is -2.01. The number of carboxylic acids is 1. The Morgan fingerprint density at radius 2 is 2.31 bits per heavy atom. The first kappa shape index (κ1) is 10.4. The number of carbonyl (C=O) groups is 1. The summed E-state index contributed by atoms with van der Waals surface area (Å²) in [4.78, 5) is 14.6. The molecule has 4 nitrogen and oxygen atoms in total. The van der Waals surface area contributed by atoms with Gasteiger partial charge in [-0.15, -0.1) is 0 Å². The molecular formula is C12H12N2O2. The molecule has 0 saturated heterocycles.